The highest BCUT2D eigenvalue weighted by atomic mass is 19.1. The van der Waals surface area contributed by atoms with Crippen LogP contribution in [0.25, 0.3) is 0 Å². The minimum atomic E-state index is -0.726. The number of likely N-dealkylation sites (tertiary alicyclic amines) is 1. The molecule has 1 aliphatic rings. The van der Waals surface area contributed by atoms with E-state index in [0.717, 1.165) is 24.9 Å². The van der Waals surface area contributed by atoms with E-state index in [-0.39, 0.29) is 11.7 Å². The molecule has 1 aromatic carbocycles. The van der Waals surface area contributed by atoms with Crippen molar-refractivity contribution in [2.45, 2.75) is 26.3 Å². The third-order valence-electron chi connectivity index (χ3n) is 3.63. The summed E-state index contributed by atoms with van der Waals surface area (Å²) in [5, 5.41) is 9.03. The first-order chi connectivity index (χ1) is 8.58. The zero-order valence-corrected chi connectivity index (χ0v) is 10.5. The van der Waals surface area contributed by atoms with Crippen molar-refractivity contribution < 1.29 is 14.3 Å². The molecule has 1 N–H and O–H groups in total. The van der Waals surface area contributed by atoms with E-state index in [9.17, 15) is 9.18 Å². The summed E-state index contributed by atoms with van der Waals surface area (Å²) in [6.07, 6.45) is 1.64. The lowest BCUT2D eigenvalue weighted by Gasteiger charge is -2.31. The average molecular weight is 251 g/mol. The van der Waals surface area contributed by atoms with Crippen molar-refractivity contribution in [3.8, 4) is 0 Å². The van der Waals surface area contributed by atoms with Gasteiger partial charge >= 0.3 is 5.97 Å². The van der Waals surface area contributed by atoms with Crippen molar-refractivity contribution in [1.29, 1.82) is 0 Å². The maximum atomic E-state index is 13.4. The second kappa shape index (κ2) is 5.48. The molecule has 0 radical (unpaired) electrons. The predicted molar refractivity (Wildman–Crippen MR) is 66.8 cm³/mol. The summed E-state index contributed by atoms with van der Waals surface area (Å²) in [6, 6.07) is 5.06. The molecule has 0 spiro atoms. The normalized spacial score (nSPS) is 20.9. The van der Waals surface area contributed by atoms with Crippen LogP contribution in [-0.4, -0.2) is 29.1 Å². The molecule has 0 unspecified atom stereocenters. The molecule has 3 nitrogen and oxygen atoms in total. The smallest absolute Gasteiger partial charge is 0.307 e. The summed E-state index contributed by atoms with van der Waals surface area (Å²) in [6.45, 7) is 3.85. The van der Waals surface area contributed by atoms with Crippen LogP contribution in [0.2, 0.25) is 0 Å². The fourth-order valence-corrected chi connectivity index (χ4v) is 2.47. The third kappa shape index (κ3) is 2.88. The van der Waals surface area contributed by atoms with E-state index >= 15 is 0 Å². The summed E-state index contributed by atoms with van der Waals surface area (Å²) in [4.78, 5) is 13.1. The van der Waals surface area contributed by atoms with Gasteiger partial charge in [-0.1, -0.05) is 12.1 Å². The summed E-state index contributed by atoms with van der Waals surface area (Å²) in [7, 11) is 0. The predicted octanol–water partition coefficient (Wildman–Crippen LogP) is 2.43. The number of carbonyl (C=O) groups is 1. The first kappa shape index (κ1) is 13.0. The van der Waals surface area contributed by atoms with Gasteiger partial charge in [0.05, 0.1) is 5.92 Å². The lowest BCUT2D eigenvalue weighted by atomic mass is 9.97. The van der Waals surface area contributed by atoms with E-state index in [1.165, 1.54) is 6.07 Å². The number of aliphatic carboxylic acids is 1. The molecule has 98 valence electrons. The van der Waals surface area contributed by atoms with E-state index in [4.69, 9.17) is 5.11 Å². The van der Waals surface area contributed by atoms with Crippen molar-refractivity contribution >= 4 is 5.97 Å². The Labute approximate surface area is 106 Å². The lowest BCUT2D eigenvalue weighted by Crippen LogP contribution is -2.38. The van der Waals surface area contributed by atoms with E-state index in [2.05, 4.69) is 4.90 Å². The molecule has 1 atom stereocenters. The second-order valence-corrected chi connectivity index (χ2v) is 4.94. The first-order valence-electron chi connectivity index (χ1n) is 6.27. The molecule has 0 saturated carbocycles. The highest BCUT2D eigenvalue weighted by Gasteiger charge is 2.25. The van der Waals surface area contributed by atoms with Crippen LogP contribution < -0.4 is 0 Å². The molecular formula is C14H18FNO2. The van der Waals surface area contributed by atoms with Crippen LogP contribution in [0.4, 0.5) is 4.39 Å². The topological polar surface area (TPSA) is 40.5 Å². The highest BCUT2D eigenvalue weighted by Crippen LogP contribution is 2.20. The Hall–Kier alpha value is -1.42. The number of hydrogen-bond donors (Lipinski definition) is 1. The van der Waals surface area contributed by atoms with Crippen LogP contribution in [-0.2, 0) is 11.3 Å². The van der Waals surface area contributed by atoms with Crippen LogP contribution in [0.15, 0.2) is 18.2 Å². The molecule has 1 heterocycles. The van der Waals surface area contributed by atoms with Gasteiger partial charge in [0, 0.05) is 13.1 Å². The highest BCUT2D eigenvalue weighted by molar-refractivity contribution is 5.70. The van der Waals surface area contributed by atoms with Gasteiger partial charge in [0.25, 0.3) is 0 Å². The zero-order chi connectivity index (χ0) is 13.1. The van der Waals surface area contributed by atoms with Crippen molar-refractivity contribution in [1.82, 2.24) is 4.90 Å². The minimum absolute atomic E-state index is 0.195. The quantitative estimate of drug-likeness (QED) is 0.897. The number of rotatable bonds is 3. The third-order valence-corrected chi connectivity index (χ3v) is 3.63. The Morgan fingerprint density at radius 1 is 1.56 bits per heavy atom. The first-order valence-corrected chi connectivity index (χ1v) is 6.27. The monoisotopic (exact) mass is 251 g/mol. The minimum Gasteiger partial charge on any atom is -0.481 e. The molecule has 0 aromatic heterocycles. The van der Waals surface area contributed by atoms with Gasteiger partial charge in [-0.3, -0.25) is 9.69 Å². The molecular weight excluding hydrogens is 233 g/mol. The van der Waals surface area contributed by atoms with Gasteiger partial charge in [-0.25, -0.2) is 4.39 Å². The van der Waals surface area contributed by atoms with Crippen molar-refractivity contribution in [2.75, 3.05) is 13.1 Å². The van der Waals surface area contributed by atoms with Crippen LogP contribution in [0.3, 0.4) is 0 Å². The molecule has 0 bridgehead atoms. The molecule has 2 rings (SSSR count). The number of piperidine rings is 1. The lowest BCUT2D eigenvalue weighted by molar-refractivity contribution is -0.143. The van der Waals surface area contributed by atoms with Crippen molar-refractivity contribution in [2.24, 2.45) is 5.92 Å². The molecule has 0 aliphatic carbocycles. The van der Waals surface area contributed by atoms with Crippen molar-refractivity contribution in [3.05, 3.63) is 35.1 Å². The van der Waals surface area contributed by atoms with Gasteiger partial charge in [0.15, 0.2) is 0 Å². The molecule has 1 saturated heterocycles. The standard InChI is InChI=1S/C14H18FNO2/c1-10-11(4-2-6-13(10)15)8-16-7-3-5-12(9-16)14(17)18/h2,4,6,12H,3,5,7-9H2,1H3,(H,17,18)/t12-/m1/s1. The number of nitrogens with zero attached hydrogens (tertiary/aromatic N) is 1. The molecule has 4 heteroatoms. The van der Waals surface area contributed by atoms with Gasteiger partial charge in [0.2, 0.25) is 0 Å². The van der Waals surface area contributed by atoms with Crippen LogP contribution in [0, 0.1) is 18.7 Å². The van der Waals surface area contributed by atoms with Gasteiger partial charge in [0.1, 0.15) is 5.82 Å². The number of carboxylic acid groups (broad SMARTS) is 1. The van der Waals surface area contributed by atoms with Crippen LogP contribution in [0.5, 0.6) is 0 Å². The van der Waals surface area contributed by atoms with Crippen LogP contribution in [0.1, 0.15) is 24.0 Å². The summed E-state index contributed by atoms with van der Waals surface area (Å²) < 4.78 is 13.4. The molecule has 1 aromatic rings. The van der Waals surface area contributed by atoms with Gasteiger partial charge in [-0.15, -0.1) is 0 Å². The average Bonchev–Trinajstić information content (AvgIpc) is 2.35. The summed E-state index contributed by atoms with van der Waals surface area (Å²) in [5.41, 5.74) is 1.61. The molecule has 1 fully saturated rings. The molecule has 18 heavy (non-hydrogen) atoms. The second-order valence-electron chi connectivity index (χ2n) is 4.94. The van der Waals surface area contributed by atoms with Crippen LogP contribution >= 0.6 is 0 Å². The van der Waals surface area contributed by atoms with Gasteiger partial charge < -0.3 is 5.11 Å². The fraction of sp³-hybridized carbons (Fsp3) is 0.500. The number of carboxylic acids is 1. The maximum Gasteiger partial charge on any atom is 0.307 e. The Bertz CT molecular complexity index is 447. The Kier molecular flexibility index (Phi) is 3.97. The summed E-state index contributed by atoms with van der Waals surface area (Å²) >= 11 is 0. The SMILES string of the molecule is Cc1c(F)cccc1CN1CCC[C@@H](C(=O)O)C1. The van der Waals surface area contributed by atoms with Crippen molar-refractivity contribution in [3.63, 3.8) is 0 Å². The van der Waals surface area contributed by atoms with E-state index in [1.54, 1.807) is 13.0 Å². The number of benzene rings is 1. The maximum absolute atomic E-state index is 13.4. The zero-order valence-electron chi connectivity index (χ0n) is 10.5. The summed E-state index contributed by atoms with van der Waals surface area (Å²) in [5.74, 6) is -1.21. The van der Waals surface area contributed by atoms with E-state index in [1.807, 2.05) is 6.07 Å². The number of hydrogen-bond acceptors (Lipinski definition) is 2. The van der Waals surface area contributed by atoms with E-state index < -0.39 is 5.97 Å². The number of halogens is 1. The van der Waals surface area contributed by atoms with E-state index in [0.29, 0.717) is 18.7 Å². The Morgan fingerprint density at radius 3 is 3.06 bits per heavy atom. The fourth-order valence-electron chi connectivity index (χ4n) is 2.47. The van der Waals surface area contributed by atoms with Gasteiger partial charge in [-0.2, -0.15) is 0 Å². The Balaban J connectivity index is 2.05. The Morgan fingerprint density at radius 2 is 2.33 bits per heavy atom. The molecule has 0 amide bonds. The molecule has 1 aliphatic heterocycles. The van der Waals surface area contributed by atoms with Gasteiger partial charge in [-0.05, 0) is 43.5 Å². The largest absolute Gasteiger partial charge is 0.481 e.